The molecule has 0 saturated heterocycles. The zero-order valence-corrected chi connectivity index (χ0v) is 16.9. The lowest BCUT2D eigenvalue weighted by atomic mass is 10.2. The number of amides is 1. The minimum absolute atomic E-state index is 0.0767. The van der Waals surface area contributed by atoms with Crippen molar-refractivity contribution in [2.45, 2.75) is 19.8 Å². The van der Waals surface area contributed by atoms with Gasteiger partial charge in [0.1, 0.15) is 5.82 Å². The predicted octanol–water partition coefficient (Wildman–Crippen LogP) is 4.08. The minimum Gasteiger partial charge on any atom is -0.324 e. The molecular weight excluding hydrogens is 423 g/mol. The fourth-order valence-corrected chi connectivity index (χ4v) is 3.75. The van der Waals surface area contributed by atoms with Gasteiger partial charge in [-0.1, -0.05) is 28.1 Å². The number of aryl methyl sites for hydroxylation is 1. The number of hydrogen-bond acceptors (Lipinski definition) is 3. The van der Waals surface area contributed by atoms with Gasteiger partial charge in [0.15, 0.2) is 0 Å². The van der Waals surface area contributed by atoms with Crippen LogP contribution in [0.3, 0.4) is 0 Å². The Hall–Kier alpha value is -1.93. The summed E-state index contributed by atoms with van der Waals surface area (Å²) in [6.07, 6.45) is 1.52. The molecule has 0 aromatic heterocycles. The van der Waals surface area contributed by atoms with Gasteiger partial charge in [-0.15, -0.1) is 0 Å². The number of benzene rings is 2. The molecule has 1 amide bonds. The fourth-order valence-electron chi connectivity index (χ4n) is 2.46. The zero-order chi connectivity index (χ0) is 19.3. The highest BCUT2D eigenvalue weighted by molar-refractivity contribution is 9.10. The van der Waals surface area contributed by atoms with Crippen LogP contribution in [0.4, 0.5) is 15.8 Å². The molecule has 2 rings (SSSR count). The third-order valence-corrected chi connectivity index (χ3v) is 5.35. The Morgan fingerprint density at radius 1 is 1.23 bits per heavy atom. The highest BCUT2D eigenvalue weighted by atomic mass is 79.9. The first-order valence-electron chi connectivity index (χ1n) is 7.96. The second-order valence-corrected chi connectivity index (χ2v) is 8.77. The van der Waals surface area contributed by atoms with Crippen LogP contribution in [0.15, 0.2) is 46.9 Å². The number of nitrogens with one attached hydrogen (secondary N) is 1. The average Bonchev–Trinajstić information content (AvgIpc) is 2.53. The number of hydrogen-bond donors (Lipinski definition) is 1. The standard InChI is InChI=1S/C18H20BrFN2O3S/c1-13-5-3-6-15(11-13)22(26(2,24)25)10-4-7-18(23)21-17-9-8-14(19)12-16(17)20/h3,5-6,8-9,11-12H,4,7,10H2,1-2H3,(H,21,23). The van der Waals surface area contributed by atoms with Crippen molar-refractivity contribution in [2.75, 3.05) is 22.4 Å². The van der Waals surface area contributed by atoms with Crippen molar-refractivity contribution in [3.05, 3.63) is 58.3 Å². The summed E-state index contributed by atoms with van der Waals surface area (Å²) < 4.78 is 39.7. The maximum absolute atomic E-state index is 13.7. The predicted molar refractivity (Wildman–Crippen MR) is 105 cm³/mol. The van der Waals surface area contributed by atoms with Gasteiger partial charge < -0.3 is 5.32 Å². The summed E-state index contributed by atoms with van der Waals surface area (Å²) in [6, 6.07) is 11.5. The largest absolute Gasteiger partial charge is 0.324 e. The molecule has 5 nitrogen and oxygen atoms in total. The number of nitrogens with zero attached hydrogens (tertiary/aromatic N) is 1. The van der Waals surface area contributed by atoms with Crippen molar-refractivity contribution in [2.24, 2.45) is 0 Å². The molecule has 0 bridgehead atoms. The second-order valence-electron chi connectivity index (χ2n) is 5.95. The fraction of sp³-hybridized carbons (Fsp3) is 0.278. The van der Waals surface area contributed by atoms with Crippen molar-refractivity contribution in [1.29, 1.82) is 0 Å². The molecule has 0 aliphatic carbocycles. The van der Waals surface area contributed by atoms with E-state index in [4.69, 9.17) is 0 Å². The quantitative estimate of drug-likeness (QED) is 0.702. The molecule has 2 aromatic carbocycles. The molecule has 1 N–H and O–H groups in total. The van der Waals surface area contributed by atoms with Crippen LogP contribution >= 0.6 is 15.9 Å². The van der Waals surface area contributed by atoms with Crippen LogP contribution in [0.1, 0.15) is 18.4 Å². The van der Waals surface area contributed by atoms with E-state index in [1.54, 1.807) is 24.3 Å². The lowest BCUT2D eigenvalue weighted by Crippen LogP contribution is -2.31. The van der Waals surface area contributed by atoms with Crippen LogP contribution < -0.4 is 9.62 Å². The van der Waals surface area contributed by atoms with E-state index in [1.165, 1.54) is 16.4 Å². The van der Waals surface area contributed by atoms with E-state index in [0.717, 1.165) is 11.8 Å². The number of sulfonamides is 1. The Bertz CT molecular complexity index is 903. The normalized spacial score (nSPS) is 11.2. The number of anilines is 2. The highest BCUT2D eigenvalue weighted by Crippen LogP contribution is 2.21. The molecular formula is C18H20BrFN2O3S. The minimum atomic E-state index is -3.47. The van der Waals surface area contributed by atoms with E-state index in [9.17, 15) is 17.6 Å². The van der Waals surface area contributed by atoms with Crippen LogP contribution in [-0.4, -0.2) is 27.1 Å². The van der Waals surface area contributed by atoms with Gasteiger partial charge in [0.05, 0.1) is 17.6 Å². The first-order chi connectivity index (χ1) is 12.2. The lowest BCUT2D eigenvalue weighted by molar-refractivity contribution is -0.116. The van der Waals surface area contributed by atoms with Gasteiger partial charge >= 0.3 is 0 Å². The van der Waals surface area contributed by atoms with Crippen molar-refractivity contribution in [3.63, 3.8) is 0 Å². The SMILES string of the molecule is Cc1cccc(N(CCCC(=O)Nc2ccc(Br)cc2F)S(C)(=O)=O)c1. The molecule has 0 atom stereocenters. The maximum atomic E-state index is 13.7. The van der Waals surface area contributed by atoms with Gasteiger partial charge in [0.25, 0.3) is 0 Å². The summed E-state index contributed by atoms with van der Waals surface area (Å²) in [5, 5.41) is 2.50. The second kappa shape index (κ2) is 8.64. The summed E-state index contributed by atoms with van der Waals surface area (Å²) >= 11 is 3.15. The molecule has 0 heterocycles. The maximum Gasteiger partial charge on any atom is 0.232 e. The summed E-state index contributed by atoms with van der Waals surface area (Å²) in [7, 11) is -3.47. The van der Waals surface area contributed by atoms with E-state index in [1.807, 2.05) is 13.0 Å². The molecule has 140 valence electrons. The Morgan fingerprint density at radius 2 is 1.96 bits per heavy atom. The average molecular weight is 443 g/mol. The Morgan fingerprint density at radius 3 is 2.58 bits per heavy atom. The van der Waals surface area contributed by atoms with Gasteiger partial charge in [-0.05, 0) is 49.2 Å². The number of rotatable bonds is 7. The molecule has 0 saturated carbocycles. The molecule has 0 aliphatic rings. The summed E-state index contributed by atoms with van der Waals surface area (Å²) in [5.41, 5.74) is 1.60. The van der Waals surface area contributed by atoms with Gasteiger partial charge in [0, 0.05) is 17.4 Å². The molecule has 26 heavy (non-hydrogen) atoms. The number of carbonyl (C=O) groups is 1. The van der Waals surface area contributed by atoms with E-state index >= 15 is 0 Å². The summed E-state index contributed by atoms with van der Waals surface area (Å²) in [4.78, 5) is 12.0. The van der Waals surface area contributed by atoms with E-state index < -0.39 is 15.8 Å². The number of carbonyl (C=O) groups excluding carboxylic acids is 1. The molecule has 0 radical (unpaired) electrons. The molecule has 8 heteroatoms. The van der Waals surface area contributed by atoms with Crippen molar-refractivity contribution >= 4 is 43.2 Å². The topological polar surface area (TPSA) is 66.5 Å². The van der Waals surface area contributed by atoms with E-state index in [2.05, 4.69) is 21.2 Å². The first kappa shape index (κ1) is 20.4. The Labute approximate surface area is 161 Å². The van der Waals surface area contributed by atoms with Crippen LogP contribution in [0.5, 0.6) is 0 Å². The summed E-state index contributed by atoms with van der Waals surface area (Å²) in [5.74, 6) is -0.908. The van der Waals surface area contributed by atoms with Crippen LogP contribution in [-0.2, 0) is 14.8 Å². The zero-order valence-electron chi connectivity index (χ0n) is 14.5. The number of halogens is 2. The van der Waals surface area contributed by atoms with Gasteiger partial charge in [-0.3, -0.25) is 9.10 Å². The molecule has 2 aromatic rings. The van der Waals surface area contributed by atoms with Gasteiger partial charge in [0.2, 0.25) is 15.9 Å². The van der Waals surface area contributed by atoms with Crippen molar-refractivity contribution in [3.8, 4) is 0 Å². The van der Waals surface area contributed by atoms with Crippen LogP contribution in [0, 0.1) is 12.7 Å². The third kappa shape index (κ3) is 5.81. The smallest absolute Gasteiger partial charge is 0.232 e. The molecule has 0 fully saturated rings. The molecule has 0 unspecified atom stereocenters. The van der Waals surface area contributed by atoms with Crippen molar-refractivity contribution in [1.82, 2.24) is 0 Å². The first-order valence-corrected chi connectivity index (χ1v) is 10.6. The Kier molecular flexibility index (Phi) is 6.77. The van der Waals surface area contributed by atoms with Crippen LogP contribution in [0.2, 0.25) is 0 Å². The summed E-state index contributed by atoms with van der Waals surface area (Å²) in [6.45, 7) is 2.04. The molecule has 0 aliphatic heterocycles. The Balaban J connectivity index is 1.98. The van der Waals surface area contributed by atoms with Gasteiger partial charge in [-0.2, -0.15) is 0 Å². The van der Waals surface area contributed by atoms with Gasteiger partial charge in [-0.25, -0.2) is 12.8 Å². The third-order valence-electron chi connectivity index (χ3n) is 3.66. The lowest BCUT2D eigenvalue weighted by Gasteiger charge is -2.22. The van der Waals surface area contributed by atoms with Crippen molar-refractivity contribution < 1.29 is 17.6 Å². The van der Waals surface area contributed by atoms with Crippen LogP contribution in [0.25, 0.3) is 0 Å². The van der Waals surface area contributed by atoms with E-state index in [-0.39, 0.29) is 24.6 Å². The molecule has 0 spiro atoms. The van der Waals surface area contributed by atoms with E-state index in [0.29, 0.717) is 16.6 Å². The highest BCUT2D eigenvalue weighted by Gasteiger charge is 2.18. The monoisotopic (exact) mass is 442 g/mol.